The third-order valence-electron chi connectivity index (χ3n) is 2.65. The van der Waals surface area contributed by atoms with Crippen LogP contribution in [0.15, 0.2) is 18.2 Å². The van der Waals surface area contributed by atoms with E-state index in [0.717, 1.165) is 0 Å². The topological polar surface area (TPSA) is 82.1 Å². The molecule has 0 saturated heterocycles. The number of hydrogen-bond acceptors (Lipinski definition) is 6. The lowest BCUT2D eigenvalue weighted by molar-refractivity contribution is -0.158. The Morgan fingerprint density at radius 2 is 1.74 bits per heavy atom. The molecule has 0 unspecified atom stereocenters. The van der Waals surface area contributed by atoms with E-state index in [1.807, 2.05) is 0 Å². The smallest absolute Gasteiger partial charge is 0.320 e. The third kappa shape index (κ3) is 3.61. The van der Waals surface area contributed by atoms with Crippen LogP contribution in [0.25, 0.3) is 0 Å². The SMILES string of the molecule is COC(=O)C(Cc1ccc(OC)c(O)c1)C(=O)OC. The Bertz CT molecular complexity index is 452. The van der Waals surface area contributed by atoms with Gasteiger partial charge in [-0.05, 0) is 24.1 Å². The summed E-state index contributed by atoms with van der Waals surface area (Å²) in [5, 5.41) is 9.64. The molecular formula is C13H16O6. The number of ether oxygens (including phenoxy) is 3. The van der Waals surface area contributed by atoms with Crippen LogP contribution in [0.2, 0.25) is 0 Å². The fourth-order valence-corrected chi connectivity index (χ4v) is 1.65. The Hall–Kier alpha value is -2.24. The molecule has 0 aliphatic carbocycles. The summed E-state index contributed by atoms with van der Waals surface area (Å²) in [5.41, 5.74) is 0.596. The number of hydrogen-bond donors (Lipinski definition) is 1. The maximum Gasteiger partial charge on any atom is 0.320 e. The lowest BCUT2D eigenvalue weighted by Crippen LogP contribution is -2.28. The van der Waals surface area contributed by atoms with Gasteiger partial charge in [0.2, 0.25) is 0 Å². The Labute approximate surface area is 110 Å². The minimum atomic E-state index is -1.05. The van der Waals surface area contributed by atoms with Crippen LogP contribution in [0.5, 0.6) is 11.5 Å². The number of esters is 2. The van der Waals surface area contributed by atoms with Gasteiger partial charge in [0.1, 0.15) is 0 Å². The van der Waals surface area contributed by atoms with Gasteiger partial charge < -0.3 is 19.3 Å². The number of phenolic OH excluding ortho intramolecular Hbond substituents is 1. The van der Waals surface area contributed by atoms with Gasteiger partial charge in [0.05, 0.1) is 21.3 Å². The predicted octanol–water partition coefficient (Wildman–Crippen LogP) is 0.905. The number of phenols is 1. The molecule has 1 aromatic carbocycles. The van der Waals surface area contributed by atoms with Crippen LogP contribution in [-0.2, 0) is 25.5 Å². The fraction of sp³-hybridized carbons (Fsp3) is 0.385. The van der Waals surface area contributed by atoms with Crippen LogP contribution >= 0.6 is 0 Å². The van der Waals surface area contributed by atoms with Crippen LogP contribution < -0.4 is 4.74 Å². The molecule has 0 fully saturated rings. The molecule has 0 heterocycles. The van der Waals surface area contributed by atoms with Gasteiger partial charge in [-0.2, -0.15) is 0 Å². The van der Waals surface area contributed by atoms with Crippen LogP contribution in [-0.4, -0.2) is 38.4 Å². The van der Waals surface area contributed by atoms with Crippen molar-refractivity contribution >= 4 is 11.9 Å². The summed E-state index contributed by atoms with van der Waals surface area (Å²) < 4.78 is 14.0. The van der Waals surface area contributed by atoms with Crippen LogP contribution in [0.3, 0.4) is 0 Å². The lowest BCUT2D eigenvalue weighted by atomic mass is 9.99. The molecule has 19 heavy (non-hydrogen) atoms. The summed E-state index contributed by atoms with van der Waals surface area (Å²) >= 11 is 0. The van der Waals surface area contributed by atoms with E-state index >= 15 is 0 Å². The lowest BCUT2D eigenvalue weighted by Gasteiger charge is -2.13. The number of aromatic hydroxyl groups is 1. The molecule has 0 aliphatic heterocycles. The summed E-state index contributed by atoms with van der Waals surface area (Å²) in [6, 6.07) is 4.63. The number of benzene rings is 1. The highest BCUT2D eigenvalue weighted by Crippen LogP contribution is 2.27. The Morgan fingerprint density at radius 3 is 2.16 bits per heavy atom. The molecule has 0 radical (unpaired) electrons. The first kappa shape index (κ1) is 14.8. The van der Waals surface area contributed by atoms with Gasteiger partial charge in [-0.3, -0.25) is 9.59 Å². The molecule has 104 valence electrons. The molecule has 0 atom stereocenters. The minimum absolute atomic E-state index is 0.0616. The molecule has 1 rings (SSSR count). The monoisotopic (exact) mass is 268 g/mol. The molecule has 6 heteroatoms. The van der Waals surface area contributed by atoms with Crippen molar-refractivity contribution in [1.29, 1.82) is 0 Å². The second-order valence-corrected chi connectivity index (χ2v) is 3.81. The van der Waals surface area contributed by atoms with Crippen molar-refractivity contribution in [3.63, 3.8) is 0 Å². The van der Waals surface area contributed by atoms with Crippen molar-refractivity contribution in [2.24, 2.45) is 5.92 Å². The first-order valence-corrected chi connectivity index (χ1v) is 5.55. The van der Waals surface area contributed by atoms with Gasteiger partial charge in [0.25, 0.3) is 0 Å². The van der Waals surface area contributed by atoms with Crippen molar-refractivity contribution in [3.8, 4) is 11.5 Å². The highest BCUT2D eigenvalue weighted by atomic mass is 16.5. The maximum absolute atomic E-state index is 11.5. The zero-order valence-corrected chi connectivity index (χ0v) is 11.0. The largest absolute Gasteiger partial charge is 0.504 e. The van der Waals surface area contributed by atoms with Crippen molar-refractivity contribution in [2.45, 2.75) is 6.42 Å². The molecule has 0 aliphatic rings. The fourth-order valence-electron chi connectivity index (χ4n) is 1.65. The number of carbonyl (C=O) groups is 2. The quantitative estimate of drug-likeness (QED) is 0.631. The second-order valence-electron chi connectivity index (χ2n) is 3.81. The van der Waals surface area contributed by atoms with E-state index in [-0.39, 0.29) is 12.2 Å². The van der Waals surface area contributed by atoms with Gasteiger partial charge in [0.15, 0.2) is 17.4 Å². The van der Waals surface area contributed by atoms with Gasteiger partial charge >= 0.3 is 11.9 Å². The zero-order chi connectivity index (χ0) is 14.4. The normalized spacial score (nSPS) is 10.1. The first-order chi connectivity index (χ1) is 9.03. The van der Waals surface area contributed by atoms with Crippen LogP contribution in [0.4, 0.5) is 0 Å². The van der Waals surface area contributed by atoms with E-state index in [2.05, 4.69) is 9.47 Å². The zero-order valence-electron chi connectivity index (χ0n) is 11.0. The summed E-state index contributed by atoms with van der Waals surface area (Å²) in [6.07, 6.45) is 0.0803. The summed E-state index contributed by atoms with van der Waals surface area (Å²) in [6.45, 7) is 0. The number of carbonyl (C=O) groups excluding carboxylic acids is 2. The second kappa shape index (κ2) is 6.63. The molecule has 0 amide bonds. The molecule has 0 bridgehead atoms. The first-order valence-electron chi connectivity index (χ1n) is 5.55. The van der Waals surface area contributed by atoms with E-state index in [4.69, 9.17) is 4.74 Å². The molecular weight excluding hydrogens is 252 g/mol. The predicted molar refractivity (Wildman–Crippen MR) is 65.9 cm³/mol. The van der Waals surface area contributed by atoms with Gasteiger partial charge in [-0.25, -0.2) is 0 Å². The van der Waals surface area contributed by atoms with E-state index < -0.39 is 17.9 Å². The third-order valence-corrected chi connectivity index (χ3v) is 2.65. The molecule has 1 aromatic rings. The maximum atomic E-state index is 11.5. The van der Waals surface area contributed by atoms with Crippen molar-refractivity contribution < 1.29 is 28.9 Å². The standard InChI is InChI=1S/C13H16O6/c1-17-11-5-4-8(7-10(11)14)6-9(12(15)18-2)13(16)19-3/h4-5,7,9,14H,6H2,1-3H3. The van der Waals surface area contributed by atoms with Gasteiger partial charge in [-0.15, -0.1) is 0 Å². The van der Waals surface area contributed by atoms with E-state index in [9.17, 15) is 14.7 Å². The summed E-state index contributed by atoms with van der Waals surface area (Å²) in [5.74, 6) is -2.16. The highest BCUT2D eigenvalue weighted by Gasteiger charge is 2.29. The van der Waals surface area contributed by atoms with Crippen molar-refractivity contribution in [2.75, 3.05) is 21.3 Å². The molecule has 6 nitrogen and oxygen atoms in total. The van der Waals surface area contributed by atoms with Crippen LogP contribution in [0.1, 0.15) is 5.56 Å². The number of methoxy groups -OCH3 is 3. The van der Waals surface area contributed by atoms with Crippen molar-refractivity contribution in [1.82, 2.24) is 0 Å². The Balaban J connectivity index is 2.93. The average molecular weight is 268 g/mol. The summed E-state index contributed by atoms with van der Waals surface area (Å²) in [4.78, 5) is 23.0. The molecule has 0 saturated carbocycles. The van der Waals surface area contributed by atoms with E-state index in [0.29, 0.717) is 11.3 Å². The van der Waals surface area contributed by atoms with E-state index in [1.54, 1.807) is 12.1 Å². The van der Waals surface area contributed by atoms with Crippen molar-refractivity contribution in [3.05, 3.63) is 23.8 Å². The van der Waals surface area contributed by atoms with E-state index in [1.165, 1.54) is 27.4 Å². The van der Waals surface area contributed by atoms with Gasteiger partial charge in [0, 0.05) is 0 Å². The van der Waals surface area contributed by atoms with Gasteiger partial charge in [-0.1, -0.05) is 6.07 Å². The Kier molecular flexibility index (Phi) is 5.17. The molecule has 0 aromatic heterocycles. The van der Waals surface area contributed by atoms with Crippen LogP contribution in [0, 0.1) is 5.92 Å². The molecule has 1 N–H and O–H groups in total. The Morgan fingerprint density at radius 1 is 1.16 bits per heavy atom. The highest BCUT2D eigenvalue weighted by molar-refractivity contribution is 5.95. The minimum Gasteiger partial charge on any atom is -0.504 e. The molecule has 0 spiro atoms. The average Bonchev–Trinajstić information content (AvgIpc) is 2.43. The number of rotatable bonds is 5. The summed E-state index contributed by atoms with van der Waals surface area (Å²) in [7, 11) is 3.83.